The molecule has 0 fully saturated rings. The minimum atomic E-state index is -1.97. The third-order valence-corrected chi connectivity index (χ3v) is 8.07. The third kappa shape index (κ3) is 4.17. The van der Waals surface area contributed by atoms with E-state index >= 15 is 0 Å². The maximum Gasteiger partial charge on any atom is 0.149 e. The van der Waals surface area contributed by atoms with Crippen molar-refractivity contribution in [2.75, 3.05) is 26.2 Å². The molecule has 2 nitrogen and oxygen atoms in total. The normalized spacial score (nSPS) is 11.5. The molecule has 0 aromatic heterocycles. The Bertz CT molecular complexity index is 480. The molecule has 0 saturated heterocycles. The monoisotopic (exact) mass is 308 g/mol. The predicted molar refractivity (Wildman–Crippen MR) is 93.4 cm³/mol. The molecule has 0 aliphatic carbocycles. The van der Waals surface area contributed by atoms with Crippen LogP contribution >= 0.6 is 6.34 Å². The van der Waals surface area contributed by atoms with E-state index in [1.54, 1.807) is 0 Å². The molecule has 0 saturated carbocycles. The first-order chi connectivity index (χ1) is 9.62. The smallest absolute Gasteiger partial charge is 0.149 e. The van der Waals surface area contributed by atoms with Gasteiger partial charge in [0.2, 0.25) is 0 Å². The molecule has 0 aliphatic rings. The number of hydrogen-bond acceptors (Lipinski definition) is 1. The quantitative estimate of drug-likeness (QED) is 0.579. The molecular formula is C16H25N2PS. The largest absolute Gasteiger partial charge is 0.255 e. The fourth-order valence-corrected chi connectivity index (χ4v) is 6.16. The molecule has 0 amide bonds. The van der Waals surface area contributed by atoms with E-state index in [0.29, 0.717) is 0 Å². The zero-order chi connectivity index (χ0) is 15.0. The number of hydrogen-bond donors (Lipinski definition) is 0. The van der Waals surface area contributed by atoms with Crippen LogP contribution in [-0.4, -0.2) is 35.5 Å². The number of rotatable bonds is 6. The minimum Gasteiger partial charge on any atom is -0.255 e. The molecule has 0 N–H and O–H groups in total. The van der Waals surface area contributed by atoms with Crippen molar-refractivity contribution in [3.8, 4) is 11.6 Å². The van der Waals surface area contributed by atoms with Crippen LogP contribution in [0.1, 0.15) is 33.3 Å². The Hall–Kier alpha value is -0.650. The highest BCUT2D eigenvalue weighted by atomic mass is 32.4. The Morgan fingerprint density at radius 1 is 0.900 bits per heavy atom. The zero-order valence-corrected chi connectivity index (χ0v) is 14.7. The summed E-state index contributed by atoms with van der Waals surface area (Å²) in [5, 5.41) is 0. The summed E-state index contributed by atoms with van der Waals surface area (Å²) in [6.45, 7) is 12.5. The van der Waals surface area contributed by atoms with Gasteiger partial charge in [0, 0.05) is 31.7 Å². The lowest BCUT2D eigenvalue weighted by molar-refractivity contribution is 0.429. The van der Waals surface area contributed by atoms with Crippen LogP contribution in [0, 0.1) is 11.6 Å². The minimum absolute atomic E-state index is 0.952. The van der Waals surface area contributed by atoms with Crippen molar-refractivity contribution in [2.45, 2.75) is 27.7 Å². The summed E-state index contributed by atoms with van der Waals surface area (Å²) >= 11 is 6.03. The Morgan fingerprint density at radius 2 is 1.35 bits per heavy atom. The SMILES string of the molecule is CCN(CC)P(=S)(C#Cc1ccccc1)N(CC)CC. The van der Waals surface area contributed by atoms with Gasteiger partial charge in [-0.3, -0.25) is 9.34 Å². The van der Waals surface area contributed by atoms with Crippen LogP contribution in [-0.2, 0) is 11.8 Å². The van der Waals surface area contributed by atoms with Crippen LogP contribution in [0.15, 0.2) is 30.3 Å². The van der Waals surface area contributed by atoms with Gasteiger partial charge in [0.05, 0.1) is 0 Å². The Morgan fingerprint density at radius 3 is 1.75 bits per heavy atom. The highest BCUT2D eigenvalue weighted by Gasteiger charge is 2.27. The maximum absolute atomic E-state index is 6.03. The van der Waals surface area contributed by atoms with Gasteiger partial charge in [-0.25, -0.2) is 0 Å². The van der Waals surface area contributed by atoms with Gasteiger partial charge < -0.3 is 0 Å². The first-order valence-electron chi connectivity index (χ1n) is 7.31. The van der Waals surface area contributed by atoms with Crippen molar-refractivity contribution in [1.29, 1.82) is 0 Å². The number of benzene rings is 1. The summed E-state index contributed by atoms with van der Waals surface area (Å²) in [5.74, 6) is 3.30. The fraction of sp³-hybridized carbons (Fsp3) is 0.500. The first-order valence-corrected chi connectivity index (χ1v) is 10.0. The maximum atomic E-state index is 6.03. The van der Waals surface area contributed by atoms with Crippen LogP contribution in [0.5, 0.6) is 0 Å². The first kappa shape index (κ1) is 17.4. The van der Waals surface area contributed by atoms with Crippen LogP contribution in [0.3, 0.4) is 0 Å². The predicted octanol–water partition coefficient (Wildman–Crippen LogP) is 3.99. The molecule has 1 rings (SSSR count). The zero-order valence-electron chi connectivity index (χ0n) is 13.0. The van der Waals surface area contributed by atoms with E-state index in [2.05, 4.69) is 48.6 Å². The third-order valence-electron chi connectivity index (χ3n) is 3.35. The molecule has 0 atom stereocenters. The van der Waals surface area contributed by atoms with Crippen LogP contribution in [0.2, 0.25) is 0 Å². The molecule has 0 radical (unpaired) electrons. The summed E-state index contributed by atoms with van der Waals surface area (Å²) in [6, 6.07) is 10.1. The van der Waals surface area contributed by atoms with E-state index in [1.807, 2.05) is 30.3 Å². The average molecular weight is 308 g/mol. The Balaban J connectivity index is 3.19. The van der Waals surface area contributed by atoms with E-state index in [9.17, 15) is 0 Å². The molecule has 20 heavy (non-hydrogen) atoms. The van der Waals surface area contributed by atoms with Crippen molar-refractivity contribution in [3.63, 3.8) is 0 Å². The van der Waals surface area contributed by atoms with Gasteiger partial charge in [0.15, 0.2) is 0 Å². The van der Waals surface area contributed by atoms with E-state index in [1.165, 1.54) is 0 Å². The second kappa shape index (κ2) is 8.60. The lowest BCUT2D eigenvalue weighted by Gasteiger charge is -2.37. The van der Waals surface area contributed by atoms with Crippen molar-refractivity contribution < 1.29 is 0 Å². The van der Waals surface area contributed by atoms with Crippen LogP contribution < -0.4 is 0 Å². The van der Waals surface area contributed by atoms with Gasteiger partial charge in [-0.2, -0.15) is 0 Å². The van der Waals surface area contributed by atoms with Gasteiger partial charge in [-0.15, -0.1) is 0 Å². The van der Waals surface area contributed by atoms with Crippen LogP contribution in [0.4, 0.5) is 0 Å². The van der Waals surface area contributed by atoms with Crippen molar-refractivity contribution in [2.24, 2.45) is 0 Å². The molecule has 1 aromatic carbocycles. The number of nitrogens with zero attached hydrogens (tertiary/aromatic N) is 2. The van der Waals surface area contributed by atoms with Gasteiger partial charge in [-0.1, -0.05) is 51.8 Å². The van der Waals surface area contributed by atoms with Crippen molar-refractivity contribution in [1.82, 2.24) is 9.34 Å². The molecular weight excluding hydrogens is 283 g/mol. The average Bonchev–Trinajstić information content (AvgIpc) is 2.49. The summed E-state index contributed by atoms with van der Waals surface area (Å²) in [5.41, 5.74) is 4.49. The lowest BCUT2D eigenvalue weighted by Crippen LogP contribution is -2.30. The highest BCUT2D eigenvalue weighted by molar-refractivity contribution is 8.14. The molecule has 4 heteroatoms. The molecule has 0 aliphatic heterocycles. The van der Waals surface area contributed by atoms with Gasteiger partial charge in [0.1, 0.15) is 6.34 Å². The molecule has 0 bridgehead atoms. The summed E-state index contributed by atoms with van der Waals surface area (Å²) in [4.78, 5) is 0. The van der Waals surface area contributed by atoms with E-state index < -0.39 is 6.34 Å². The van der Waals surface area contributed by atoms with E-state index in [0.717, 1.165) is 31.7 Å². The molecule has 1 aromatic rings. The molecule has 0 spiro atoms. The van der Waals surface area contributed by atoms with Crippen LogP contribution in [0.25, 0.3) is 0 Å². The van der Waals surface area contributed by atoms with Gasteiger partial charge in [0.25, 0.3) is 0 Å². The summed E-state index contributed by atoms with van der Waals surface area (Å²) in [6.07, 6.45) is -1.97. The second-order valence-electron chi connectivity index (χ2n) is 4.42. The lowest BCUT2D eigenvalue weighted by atomic mass is 10.2. The van der Waals surface area contributed by atoms with E-state index in [4.69, 9.17) is 11.8 Å². The Labute approximate surface area is 129 Å². The van der Waals surface area contributed by atoms with E-state index in [-0.39, 0.29) is 0 Å². The van der Waals surface area contributed by atoms with Gasteiger partial charge in [-0.05, 0) is 29.6 Å². The standard InChI is InChI=1S/C16H25N2PS/c1-5-17(6-2)19(20,18(7-3)8-4)15-14-16-12-10-9-11-13-16/h9-13H,5-8H2,1-4H3. The molecule has 0 unspecified atom stereocenters. The topological polar surface area (TPSA) is 6.48 Å². The fourth-order valence-electron chi connectivity index (χ4n) is 2.19. The Kier molecular flexibility index (Phi) is 7.48. The molecule has 0 heterocycles. The second-order valence-corrected chi connectivity index (χ2v) is 8.40. The van der Waals surface area contributed by atoms with Crippen molar-refractivity contribution >= 4 is 18.1 Å². The summed E-state index contributed by atoms with van der Waals surface area (Å²) < 4.78 is 4.70. The summed E-state index contributed by atoms with van der Waals surface area (Å²) in [7, 11) is 0. The van der Waals surface area contributed by atoms with Crippen molar-refractivity contribution in [3.05, 3.63) is 35.9 Å². The molecule has 110 valence electrons. The van der Waals surface area contributed by atoms with Gasteiger partial charge >= 0.3 is 0 Å². The highest BCUT2D eigenvalue weighted by Crippen LogP contribution is 2.52.